The second kappa shape index (κ2) is 6.91. The quantitative estimate of drug-likeness (QED) is 0.702. The van der Waals surface area contributed by atoms with E-state index >= 15 is 0 Å². The van der Waals surface area contributed by atoms with Crippen molar-refractivity contribution in [3.05, 3.63) is 35.4 Å². The van der Waals surface area contributed by atoms with Gasteiger partial charge in [-0.1, -0.05) is 29.8 Å². The van der Waals surface area contributed by atoms with Gasteiger partial charge in [0.05, 0.1) is 0 Å². The molecule has 0 spiro atoms. The van der Waals surface area contributed by atoms with Gasteiger partial charge >= 0.3 is 6.16 Å². The Kier molecular flexibility index (Phi) is 5.49. The highest BCUT2D eigenvalue weighted by Crippen LogP contribution is 2.22. The summed E-state index contributed by atoms with van der Waals surface area (Å²) in [7, 11) is 0. The van der Waals surface area contributed by atoms with Gasteiger partial charge in [0.15, 0.2) is 0 Å². The van der Waals surface area contributed by atoms with Crippen molar-refractivity contribution in [1.82, 2.24) is 5.32 Å². The number of piperidine rings is 1. The third-order valence-corrected chi connectivity index (χ3v) is 2.85. The number of hydrogen-bond donors (Lipinski definition) is 3. The number of aryl methyl sites for hydroxylation is 1. The number of carbonyl (C=O) groups is 1. The monoisotopic (exact) mass is 237 g/mol. The number of hydrogen-bond acceptors (Lipinski definition) is 2. The molecule has 1 heterocycles. The average Bonchev–Trinajstić information content (AvgIpc) is 2.30. The summed E-state index contributed by atoms with van der Waals surface area (Å²) in [6, 6.07) is 8.97. The van der Waals surface area contributed by atoms with E-state index in [2.05, 4.69) is 36.5 Å². The van der Waals surface area contributed by atoms with Crippen LogP contribution in [0, 0.1) is 6.92 Å². The van der Waals surface area contributed by atoms with E-state index in [1.54, 1.807) is 0 Å². The van der Waals surface area contributed by atoms with Gasteiger partial charge in [-0.25, -0.2) is 4.79 Å². The number of carboxylic acid groups (broad SMARTS) is 2. The van der Waals surface area contributed by atoms with Crippen LogP contribution in [0.2, 0.25) is 0 Å². The molecule has 1 aliphatic rings. The average molecular weight is 237 g/mol. The smallest absolute Gasteiger partial charge is 0.450 e. The van der Waals surface area contributed by atoms with Crippen LogP contribution in [-0.2, 0) is 0 Å². The highest BCUT2D eigenvalue weighted by Gasteiger charge is 2.14. The van der Waals surface area contributed by atoms with Gasteiger partial charge in [-0.15, -0.1) is 0 Å². The molecule has 0 radical (unpaired) electrons. The molecule has 1 aromatic carbocycles. The Bertz CT molecular complexity index is 338. The molecular weight excluding hydrogens is 218 g/mol. The lowest BCUT2D eigenvalue weighted by molar-refractivity contribution is 0.137. The van der Waals surface area contributed by atoms with Crippen LogP contribution in [0.15, 0.2) is 24.3 Å². The molecule has 0 aliphatic carbocycles. The first kappa shape index (κ1) is 13.5. The summed E-state index contributed by atoms with van der Waals surface area (Å²) >= 11 is 0. The van der Waals surface area contributed by atoms with E-state index in [0.29, 0.717) is 0 Å². The summed E-state index contributed by atoms with van der Waals surface area (Å²) < 4.78 is 0. The normalized spacial score (nSPS) is 19.0. The Labute approximate surface area is 101 Å². The predicted octanol–water partition coefficient (Wildman–Crippen LogP) is 2.68. The summed E-state index contributed by atoms with van der Waals surface area (Å²) in [5, 5.41) is 17.4. The fourth-order valence-electron chi connectivity index (χ4n) is 1.97. The molecule has 1 fully saturated rings. The van der Waals surface area contributed by atoms with Crippen LogP contribution in [0.1, 0.15) is 29.9 Å². The van der Waals surface area contributed by atoms with Crippen molar-refractivity contribution in [1.29, 1.82) is 0 Å². The van der Waals surface area contributed by atoms with Crippen molar-refractivity contribution in [2.75, 3.05) is 13.1 Å². The van der Waals surface area contributed by atoms with Crippen LogP contribution < -0.4 is 5.32 Å². The molecule has 1 unspecified atom stereocenters. The summed E-state index contributed by atoms with van der Waals surface area (Å²) in [6.45, 7) is 4.49. The predicted molar refractivity (Wildman–Crippen MR) is 66.7 cm³/mol. The number of benzene rings is 1. The van der Waals surface area contributed by atoms with E-state index in [0.717, 1.165) is 12.5 Å². The largest absolute Gasteiger partial charge is 0.503 e. The molecule has 1 atom stereocenters. The summed E-state index contributed by atoms with van der Waals surface area (Å²) in [5.41, 5.74) is 2.85. The van der Waals surface area contributed by atoms with Crippen LogP contribution in [0.4, 0.5) is 4.79 Å². The molecule has 4 heteroatoms. The minimum Gasteiger partial charge on any atom is -0.450 e. The molecule has 0 bridgehead atoms. The number of nitrogens with one attached hydrogen (secondary N) is 1. The third kappa shape index (κ3) is 5.36. The first-order chi connectivity index (χ1) is 8.09. The number of rotatable bonds is 1. The highest BCUT2D eigenvalue weighted by molar-refractivity contribution is 5.53. The van der Waals surface area contributed by atoms with Crippen molar-refractivity contribution >= 4 is 6.16 Å². The second-order valence-corrected chi connectivity index (χ2v) is 4.24. The third-order valence-electron chi connectivity index (χ3n) is 2.85. The fraction of sp³-hybridized carbons (Fsp3) is 0.462. The second-order valence-electron chi connectivity index (χ2n) is 4.24. The van der Waals surface area contributed by atoms with Gasteiger partial charge in [0.2, 0.25) is 0 Å². The van der Waals surface area contributed by atoms with E-state index < -0.39 is 6.16 Å². The SMILES string of the molecule is Cc1ccc(C2CCCNC2)cc1.O=C(O)O. The molecule has 0 saturated carbocycles. The maximum atomic E-state index is 8.56. The van der Waals surface area contributed by atoms with Crippen LogP contribution in [0.3, 0.4) is 0 Å². The first-order valence-electron chi connectivity index (χ1n) is 5.78. The van der Waals surface area contributed by atoms with Gasteiger partial charge < -0.3 is 15.5 Å². The van der Waals surface area contributed by atoms with Crippen LogP contribution in [0.5, 0.6) is 0 Å². The molecule has 0 aromatic heterocycles. The molecule has 1 aliphatic heterocycles. The van der Waals surface area contributed by atoms with E-state index in [1.165, 1.54) is 30.5 Å². The van der Waals surface area contributed by atoms with Crippen LogP contribution in [0.25, 0.3) is 0 Å². The Morgan fingerprint density at radius 2 is 1.88 bits per heavy atom. The molecule has 17 heavy (non-hydrogen) atoms. The lowest BCUT2D eigenvalue weighted by Gasteiger charge is -2.23. The minimum absolute atomic E-state index is 0.745. The molecule has 94 valence electrons. The van der Waals surface area contributed by atoms with E-state index in [4.69, 9.17) is 15.0 Å². The van der Waals surface area contributed by atoms with Crippen molar-refractivity contribution in [3.8, 4) is 0 Å². The van der Waals surface area contributed by atoms with E-state index in [9.17, 15) is 0 Å². The van der Waals surface area contributed by atoms with Crippen LogP contribution >= 0.6 is 0 Å². The lowest BCUT2D eigenvalue weighted by Crippen LogP contribution is -2.28. The summed E-state index contributed by atoms with van der Waals surface area (Å²) in [4.78, 5) is 8.56. The maximum absolute atomic E-state index is 8.56. The highest BCUT2D eigenvalue weighted by atomic mass is 16.6. The Hall–Kier alpha value is -1.55. The Morgan fingerprint density at radius 3 is 2.35 bits per heavy atom. The zero-order chi connectivity index (χ0) is 12.7. The maximum Gasteiger partial charge on any atom is 0.503 e. The van der Waals surface area contributed by atoms with Gasteiger partial charge in [-0.05, 0) is 37.8 Å². The Balaban J connectivity index is 0.000000317. The Morgan fingerprint density at radius 1 is 1.29 bits per heavy atom. The standard InChI is InChI=1S/C12H17N.CH2O3/c1-10-4-6-11(7-5-10)12-3-2-8-13-9-12;2-1(3)4/h4-7,12-13H,2-3,8-9H2,1H3;(H2,2,3,4). The van der Waals surface area contributed by atoms with Gasteiger partial charge in [-0.3, -0.25) is 0 Å². The minimum atomic E-state index is -1.83. The van der Waals surface area contributed by atoms with Gasteiger partial charge in [0.25, 0.3) is 0 Å². The summed E-state index contributed by atoms with van der Waals surface area (Å²) in [5.74, 6) is 0.745. The topological polar surface area (TPSA) is 69.6 Å². The molecule has 0 amide bonds. The fourth-order valence-corrected chi connectivity index (χ4v) is 1.97. The molecule has 4 nitrogen and oxygen atoms in total. The molecule has 1 saturated heterocycles. The van der Waals surface area contributed by atoms with Crippen molar-refractivity contribution in [2.45, 2.75) is 25.7 Å². The molecule has 2 rings (SSSR count). The van der Waals surface area contributed by atoms with E-state index in [1.807, 2.05) is 0 Å². The molecule has 3 N–H and O–H groups in total. The lowest BCUT2D eigenvalue weighted by atomic mass is 9.91. The molecular formula is C13H19NO3. The van der Waals surface area contributed by atoms with Crippen molar-refractivity contribution in [3.63, 3.8) is 0 Å². The van der Waals surface area contributed by atoms with Gasteiger partial charge in [-0.2, -0.15) is 0 Å². The first-order valence-corrected chi connectivity index (χ1v) is 5.78. The van der Waals surface area contributed by atoms with Crippen LogP contribution in [-0.4, -0.2) is 29.5 Å². The van der Waals surface area contributed by atoms with Gasteiger partial charge in [0.1, 0.15) is 0 Å². The van der Waals surface area contributed by atoms with Crippen molar-refractivity contribution < 1.29 is 15.0 Å². The van der Waals surface area contributed by atoms with Gasteiger partial charge in [0, 0.05) is 6.54 Å². The zero-order valence-electron chi connectivity index (χ0n) is 10.0. The molecule has 1 aromatic rings. The van der Waals surface area contributed by atoms with E-state index in [-0.39, 0.29) is 0 Å². The summed E-state index contributed by atoms with van der Waals surface area (Å²) in [6.07, 6.45) is 0.828. The zero-order valence-corrected chi connectivity index (χ0v) is 10.0. The van der Waals surface area contributed by atoms with Crippen molar-refractivity contribution in [2.24, 2.45) is 0 Å².